The SMILES string of the molecule is CC(C)Oc1nc(Cl)nc(N2CCC(C)C(O)C2)n1. The van der Waals surface area contributed by atoms with Crippen LogP contribution in [0.5, 0.6) is 6.01 Å². The first-order chi connectivity index (χ1) is 8.95. The van der Waals surface area contributed by atoms with Gasteiger partial charge in [-0.2, -0.15) is 15.0 Å². The Kier molecular flexibility index (Phi) is 4.42. The molecule has 0 radical (unpaired) electrons. The highest BCUT2D eigenvalue weighted by Gasteiger charge is 2.26. The molecule has 1 aliphatic heterocycles. The van der Waals surface area contributed by atoms with Crippen LogP contribution in [0.3, 0.4) is 0 Å². The molecule has 7 heteroatoms. The largest absolute Gasteiger partial charge is 0.461 e. The van der Waals surface area contributed by atoms with E-state index in [-0.39, 0.29) is 23.5 Å². The van der Waals surface area contributed by atoms with Gasteiger partial charge in [-0.15, -0.1) is 0 Å². The maximum atomic E-state index is 9.92. The number of aliphatic hydroxyl groups is 1. The van der Waals surface area contributed by atoms with Gasteiger partial charge in [0, 0.05) is 13.1 Å². The molecule has 0 aliphatic carbocycles. The van der Waals surface area contributed by atoms with Crippen molar-refractivity contribution in [1.82, 2.24) is 15.0 Å². The fourth-order valence-corrected chi connectivity index (χ4v) is 2.11. The number of halogens is 1. The molecule has 6 nitrogen and oxygen atoms in total. The van der Waals surface area contributed by atoms with Crippen LogP contribution < -0.4 is 9.64 Å². The molecule has 2 heterocycles. The number of nitrogens with zero attached hydrogens (tertiary/aromatic N) is 4. The Morgan fingerprint density at radius 3 is 2.74 bits per heavy atom. The van der Waals surface area contributed by atoms with Gasteiger partial charge in [0.05, 0.1) is 12.2 Å². The highest BCUT2D eigenvalue weighted by atomic mass is 35.5. The van der Waals surface area contributed by atoms with Gasteiger partial charge >= 0.3 is 6.01 Å². The van der Waals surface area contributed by atoms with E-state index in [0.717, 1.165) is 13.0 Å². The number of ether oxygens (including phenoxy) is 1. The van der Waals surface area contributed by atoms with E-state index in [1.807, 2.05) is 25.7 Å². The lowest BCUT2D eigenvalue weighted by Gasteiger charge is -2.34. The average Bonchev–Trinajstić information content (AvgIpc) is 2.31. The second-order valence-electron chi connectivity index (χ2n) is 5.13. The van der Waals surface area contributed by atoms with Crippen LogP contribution in [0.15, 0.2) is 0 Å². The Balaban J connectivity index is 2.17. The van der Waals surface area contributed by atoms with Crippen LogP contribution in [0.25, 0.3) is 0 Å². The van der Waals surface area contributed by atoms with Crippen molar-refractivity contribution in [3.8, 4) is 6.01 Å². The number of aliphatic hydroxyl groups excluding tert-OH is 1. The molecule has 106 valence electrons. The zero-order valence-electron chi connectivity index (χ0n) is 11.4. The summed E-state index contributed by atoms with van der Waals surface area (Å²) in [5, 5.41) is 10.0. The maximum Gasteiger partial charge on any atom is 0.322 e. The van der Waals surface area contributed by atoms with Crippen molar-refractivity contribution < 1.29 is 9.84 Å². The first kappa shape index (κ1) is 14.3. The number of aromatic nitrogens is 3. The Labute approximate surface area is 117 Å². The van der Waals surface area contributed by atoms with Crippen LogP contribution in [0.2, 0.25) is 5.28 Å². The molecule has 1 aliphatic rings. The van der Waals surface area contributed by atoms with Crippen molar-refractivity contribution in [1.29, 1.82) is 0 Å². The molecule has 0 bridgehead atoms. The predicted molar refractivity (Wildman–Crippen MR) is 72.6 cm³/mol. The summed E-state index contributed by atoms with van der Waals surface area (Å²) in [4.78, 5) is 14.2. The number of hydrogen-bond acceptors (Lipinski definition) is 6. The van der Waals surface area contributed by atoms with Gasteiger partial charge in [0.15, 0.2) is 0 Å². The predicted octanol–water partition coefficient (Wildman–Crippen LogP) is 1.52. The monoisotopic (exact) mass is 286 g/mol. The van der Waals surface area contributed by atoms with Crippen molar-refractivity contribution in [2.75, 3.05) is 18.0 Å². The first-order valence-electron chi connectivity index (χ1n) is 6.47. The molecule has 1 aromatic rings. The number of piperidine rings is 1. The zero-order valence-corrected chi connectivity index (χ0v) is 12.1. The van der Waals surface area contributed by atoms with Crippen molar-refractivity contribution in [2.24, 2.45) is 5.92 Å². The van der Waals surface area contributed by atoms with Gasteiger partial charge < -0.3 is 14.7 Å². The number of rotatable bonds is 3. The second-order valence-corrected chi connectivity index (χ2v) is 5.47. The third kappa shape index (κ3) is 3.67. The molecule has 0 amide bonds. The summed E-state index contributed by atoms with van der Waals surface area (Å²) in [5.74, 6) is 0.751. The maximum absolute atomic E-state index is 9.92. The van der Waals surface area contributed by atoms with Crippen LogP contribution in [0.1, 0.15) is 27.2 Å². The van der Waals surface area contributed by atoms with Gasteiger partial charge in [-0.1, -0.05) is 6.92 Å². The lowest BCUT2D eigenvalue weighted by atomic mass is 9.96. The van der Waals surface area contributed by atoms with Crippen molar-refractivity contribution in [3.05, 3.63) is 5.28 Å². The molecule has 0 spiro atoms. The topological polar surface area (TPSA) is 71.4 Å². The molecule has 2 rings (SSSR count). The summed E-state index contributed by atoms with van der Waals surface area (Å²) >= 11 is 5.89. The zero-order chi connectivity index (χ0) is 14.0. The third-order valence-electron chi connectivity index (χ3n) is 3.12. The molecular formula is C12H19ClN4O2. The Morgan fingerprint density at radius 2 is 2.11 bits per heavy atom. The molecule has 0 saturated carbocycles. The molecular weight excluding hydrogens is 268 g/mol. The molecule has 1 saturated heterocycles. The molecule has 1 fully saturated rings. The standard InChI is InChI=1S/C12H19ClN4O2/c1-7(2)19-12-15-10(13)14-11(16-12)17-5-4-8(3)9(18)6-17/h7-9,18H,4-6H2,1-3H3. The van der Waals surface area contributed by atoms with Crippen molar-refractivity contribution in [3.63, 3.8) is 0 Å². The van der Waals surface area contributed by atoms with Crippen LogP contribution >= 0.6 is 11.6 Å². The fraction of sp³-hybridized carbons (Fsp3) is 0.750. The Bertz CT molecular complexity index is 444. The minimum absolute atomic E-state index is 0.0294. The van der Waals surface area contributed by atoms with Crippen LogP contribution in [-0.4, -0.2) is 45.4 Å². The molecule has 2 unspecified atom stereocenters. The second kappa shape index (κ2) is 5.88. The number of anilines is 1. The summed E-state index contributed by atoms with van der Waals surface area (Å²) in [6, 6.07) is 0.220. The normalized spacial score (nSPS) is 23.8. The van der Waals surface area contributed by atoms with E-state index in [9.17, 15) is 5.11 Å². The van der Waals surface area contributed by atoms with Gasteiger partial charge in [0.2, 0.25) is 11.2 Å². The summed E-state index contributed by atoms with van der Waals surface area (Å²) in [5.41, 5.74) is 0. The fourth-order valence-electron chi connectivity index (χ4n) is 1.96. The molecule has 1 N–H and O–H groups in total. The molecule has 2 atom stereocenters. The van der Waals surface area contributed by atoms with Crippen LogP contribution in [-0.2, 0) is 0 Å². The minimum Gasteiger partial charge on any atom is -0.461 e. The van der Waals surface area contributed by atoms with Crippen LogP contribution in [0, 0.1) is 5.92 Å². The minimum atomic E-state index is -0.376. The average molecular weight is 287 g/mol. The van der Waals surface area contributed by atoms with E-state index in [4.69, 9.17) is 16.3 Å². The quantitative estimate of drug-likeness (QED) is 0.908. The smallest absolute Gasteiger partial charge is 0.322 e. The summed E-state index contributed by atoms with van der Waals surface area (Å²) < 4.78 is 5.44. The number of hydrogen-bond donors (Lipinski definition) is 1. The molecule has 1 aromatic heterocycles. The van der Waals surface area contributed by atoms with Gasteiger partial charge in [-0.3, -0.25) is 0 Å². The van der Waals surface area contributed by atoms with Crippen molar-refractivity contribution in [2.45, 2.75) is 39.4 Å². The van der Waals surface area contributed by atoms with Crippen molar-refractivity contribution >= 4 is 17.5 Å². The molecule has 0 aromatic carbocycles. The Hall–Kier alpha value is -1.14. The van der Waals surface area contributed by atoms with E-state index >= 15 is 0 Å². The van der Waals surface area contributed by atoms with E-state index < -0.39 is 0 Å². The van der Waals surface area contributed by atoms with E-state index in [0.29, 0.717) is 18.4 Å². The van der Waals surface area contributed by atoms with Crippen LogP contribution in [0.4, 0.5) is 5.95 Å². The number of β-amino-alcohol motifs (C(OH)–C–C–N with tert-alkyl or cyclic N) is 1. The summed E-state index contributed by atoms with van der Waals surface area (Å²) in [6.45, 7) is 7.12. The lowest BCUT2D eigenvalue weighted by molar-refractivity contribution is 0.102. The van der Waals surface area contributed by atoms with Gasteiger partial charge in [-0.25, -0.2) is 0 Å². The van der Waals surface area contributed by atoms with Gasteiger partial charge in [0.25, 0.3) is 0 Å². The Morgan fingerprint density at radius 1 is 1.37 bits per heavy atom. The third-order valence-corrected chi connectivity index (χ3v) is 3.29. The van der Waals surface area contributed by atoms with Gasteiger partial charge in [-0.05, 0) is 37.8 Å². The first-order valence-corrected chi connectivity index (χ1v) is 6.84. The van der Waals surface area contributed by atoms with E-state index in [1.165, 1.54) is 0 Å². The summed E-state index contributed by atoms with van der Waals surface area (Å²) in [7, 11) is 0. The van der Waals surface area contributed by atoms with E-state index in [1.54, 1.807) is 0 Å². The highest BCUT2D eigenvalue weighted by molar-refractivity contribution is 6.28. The highest BCUT2D eigenvalue weighted by Crippen LogP contribution is 2.22. The molecule has 19 heavy (non-hydrogen) atoms. The lowest BCUT2D eigenvalue weighted by Crippen LogP contribution is -2.43. The summed E-state index contributed by atoms with van der Waals surface area (Å²) in [6.07, 6.45) is 0.488. The van der Waals surface area contributed by atoms with E-state index in [2.05, 4.69) is 15.0 Å². The van der Waals surface area contributed by atoms with Gasteiger partial charge in [0.1, 0.15) is 0 Å².